The van der Waals surface area contributed by atoms with Crippen LogP contribution in [0.25, 0.3) is 23.0 Å². The first-order valence-corrected chi connectivity index (χ1v) is 13.3. The monoisotopic (exact) mass is 583 g/mol. The fourth-order valence-corrected chi connectivity index (χ4v) is 5.14. The second-order valence-electron chi connectivity index (χ2n) is 8.77. The number of rotatable bonds is 6. The van der Waals surface area contributed by atoms with Gasteiger partial charge in [-0.2, -0.15) is 9.61 Å². The lowest BCUT2D eigenvalue weighted by Gasteiger charge is -2.31. The van der Waals surface area contributed by atoms with E-state index in [-0.39, 0.29) is 5.91 Å². The molecule has 2 aromatic carbocycles. The number of nitrogens with one attached hydrogen (secondary N) is 1. The molecule has 1 fully saturated rings. The van der Waals surface area contributed by atoms with Crippen molar-refractivity contribution in [3.8, 4) is 11.3 Å². The van der Waals surface area contributed by atoms with E-state index in [9.17, 15) is 4.79 Å². The van der Waals surface area contributed by atoms with Crippen LogP contribution in [-0.2, 0) is 4.79 Å². The summed E-state index contributed by atoms with van der Waals surface area (Å²) in [4.78, 5) is 19.3. The van der Waals surface area contributed by atoms with Crippen molar-refractivity contribution in [2.45, 2.75) is 12.8 Å². The lowest BCUT2D eigenvalue weighted by molar-refractivity contribution is -0.127. The van der Waals surface area contributed by atoms with Gasteiger partial charge in [0.1, 0.15) is 5.82 Å². The van der Waals surface area contributed by atoms with Gasteiger partial charge in [-0.3, -0.25) is 4.79 Å². The Hall–Kier alpha value is -2.87. The van der Waals surface area contributed by atoms with Crippen LogP contribution in [0.15, 0.2) is 71.3 Å². The number of benzene rings is 2. The number of hydrogen-bond acceptors (Lipinski definition) is 4. The van der Waals surface area contributed by atoms with Crippen LogP contribution in [0.2, 0.25) is 10.0 Å². The molecule has 4 aromatic rings. The Labute approximate surface area is 228 Å². The third kappa shape index (κ3) is 5.59. The number of carbonyl (C=O) groups excluding carboxylic acids is 1. The molecule has 0 aliphatic carbocycles. The fourth-order valence-electron chi connectivity index (χ4n) is 4.36. The number of likely N-dealkylation sites (tertiary alicyclic amines) is 1. The maximum absolute atomic E-state index is 12.6. The quantitative estimate of drug-likeness (QED) is 0.252. The molecule has 0 atom stereocenters. The first kappa shape index (κ1) is 24.8. The molecule has 1 amide bonds. The second-order valence-corrected chi connectivity index (χ2v) is 10.5. The van der Waals surface area contributed by atoms with Crippen LogP contribution in [0.3, 0.4) is 0 Å². The normalized spacial score (nSPS) is 14.6. The van der Waals surface area contributed by atoms with Crippen LogP contribution in [0.4, 0.5) is 5.82 Å². The van der Waals surface area contributed by atoms with E-state index in [1.54, 1.807) is 16.8 Å². The Morgan fingerprint density at radius 3 is 2.69 bits per heavy atom. The molecular weight excluding hydrogens is 561 g/mol. The van der Waals surface area contributed by atoms with E-state index in [2.05, 4.69) is 26.3 Å². The summed E-state index contributed by atoms with van der Waals surface area (Å²) in [7, 11) is 0. The number of halogens is 3. The number of nitrogens with zero attached hydrogens (tertiary/aromatic N) is 4. The summed E-state index contributed by atoms with van der Waals surface area (Å²) in [6, 6.07) is 17.1. The van der Waals surface area contributed by atoms with E-state index >= 15 is 0 Å². The summed E-state index contributed by atoms with van der Waals surface area (Å²) in [5.41, 5.74) is 3.29. The highest BCUT2D eigenvalue weighted by molar-refractivity contribution is 9.10. The molecule has 0 saturated carbocycles. The number of anilines is 1. The van der Waals surface area contributed by atoms with Gasteiger partial charge in [0, 0.05) is 47.4 Å². The molecule has 0 radical (unpaired) electrons. The van der Waals surface area contributed by atoms with E-state index in [1.807, 2.05) is 65.6 Å². The highest BCUT2D eigenvalue weighted by atomic mass is 79.9. The Morgan fingerprint density at radius 1 is 1.11 bits per heavy atom. The first-order chi connectivity index (χ1) is 17.5. The van der Waals surface area contributed by atoms with Gasteiger partial charge in [-0.1, -0.05) is 53.5 Å². The smallest absolute Gasteiger partial charge is 0.246 e. The van der Waals surface area contributed by atoms with Gasteiger partial charge in [0.15, 0.2) is 5.65 Å². The zero-order chi connectivity index (χ0) is 25.1. The summed E-state index contributed by atoms with van der Waals surface area (Å²) in [5, 5.41) is 9.34. The van der Waals surface area contributed by atoms with Crippen molar-refractivity contribution in [2.24, 2.45) is 5.92 Å². The number of carbonyl (C=O) groups is 1. The van der Waals surface area contributed by atoms with E-state index in [4.69, 9.17) is 28.2 Å². The molecule has 6 nitrogen and oxygen atoms in total. The SMILES string of the molecule is O=C(/C=C/c1cccc(Cl)c1)N1CCC(CNc2cc(-c3ccccc3Cl)nc3c(Br)cnn23)CC1. The molecule has 1 saturated heterocycles. The summed E-state index contributed by atoms with van der Waals surface area (Å²) < 4.78 is 2.61. The van der Waals surface area contributed by atoms with E-state index in [0.717, 1.165) is 65.2 Å². The van der Waals surface area contributed by atoms with Crippen LogP contribution in [0.5, 0.6) is 0 Å². The van der Waals surface area contributed by atoms with Gasteiger partial charge in [-0.25, -0.2) is 4.98 Å². The Balaban J connectivity index is 1.23. The number of hydrogen-bond donors (Lipinski definition) is 1. The Kier molecular flexibility index (Phi) is 7.60. The van der Waals surface area contributed by atoms with Gasteiger partial charge in [-0.05, 0) is 64.5 Å². The third-order valence-electron chi connectivity index (χ3n) is 6.34. The molecule has 3 heterocycles. The number of amides is 1. The van der Waals surface area contributed by atoms with E-state index < -0.39 is 0 Å². The topological polar surface area (TPSA) is 62.5 Å². The van der Waals surface area contributed by atoms with Crippen LogP contribution >= 0.6 is 39.1 Å². The minimum Gasteiger partial charge on any atom is -0.370 e. The molecular formula is C27H24BrCl2N5O. The molecule has 5 rings (SSSR count). The Bertz CT molecular complexity index is 1430. The maximum atomic E-state index is 12.6. The number of aromatic nitrogens is 3. The zero-order valence-corrected chi connectivity index (χ0v) is 22.5. The van der Waals surface area contributed by atoms with Gasteiger partial charge >= 0.3 is 0 Å². The third-order valence-corrected chi connectivity index (χ3v) is 7.47. The molecule has 0 bridgehead atoms. The molecule has 0 unspecified atom stereocenters. The average molecular weight is 585 g/mol. The molecule has 184 valence electrons. The Morgan fingerprint density at radius 2 is 1.92 bits per heavy atom. The van der Waals surface area contributed by atoms with Crippen molar-refractivity contribution in [1.82, 2.24) is 19.5 Å². The van der Waals surface area contributed by atoms with Crippen molar-refractivity contribution in [3.05, 3.63) is 87.0 Å². The van der Waals surface area contributed by atoms with Crippen molar-refractivity contribution < 1.29 is 4.79 Å². The summed E-state index contributed by atoms with van der Waals surface area (Å²) >= 11 is 16.0. The fraction of sp³-hybridized carbons (Fsp3) is 0.222. The van der Waals surface area contributed by atoms with Crippen molar-refractivity contribution >= 4 is 62.6 Å². The lowest BCUT2D eigenvalue weighted by Crippen LogP contribution is -2.39. The molecule has 1 aliphatic heterocycles. The van der Waals surface area contributed by atoms with Gasteiger partial charge in [0.2, 0.25) is 5.91 Å². The predicted octanol–water partition coefficient (Wildman–Crippen LogP) is 6.83. The maximum Gasteiger partial charge on any atom is 0.246 e. The second kappa shape index (κ2) is 11.0. The zero-order valence-electron chi connectivity index (χ0n) is 19.4. The lowest BCUT2D eigenvalue weighted by atomic mass is 9.96. The van der Waals surface area contributed by atoms with Gasteiger partial charge in [0.25, 0.3) is 0 Å². The molecule has 0 spiro atoms. The van der Waals surface area contributed by atoms with Crippen LogP contribution in [-0.4, -0.2) is 45.0 Å². The van der Waals surface area contributed by atoms with Gasteiger partial charge in [0.05, 0.1) is 16.4 Å². The van der Waals surface area contributed by atoms with Crippen LogP contribution in [0.1, 0.15) is 18.4 Å². The van der Waals surface area contributed by atoms with Crippen molar-refractivity contribution in [1.29, 1.82) is 0 Å². The number of fused-ring (bicyclic) bond motifs is 1. The molecule has 9 heteroatoms. The minimum atomic E-state index is 0.0306. The number of piperidine rings is 1. The molecule has 36 heavy (non-hydrogen) atoms. The summed E-state index contributed by atoms with van der Waals surface area (Å²) in [6.45, 7) is 2.24. The average Bonchev–Trinajstić information content (AvgIpc) is 3.27. The van der Waals surface area contributed by atoms with E-state index in [1.165, 1.54) is 0 Å². The highest BCUT2D eigenvalue weighted by Crippen LogP contribution is 2.30. The molecule has 1 aliphatic rings. The van der Waals surface area contributed by atoms with Crippen molar-refractivity contribution in [2.75, 3.05) is 25.0 Å². The highest BCUT2D eigenvalue weighted by Gasteiger charge is 2.22. The standard InChI is InChI=1S/C27H24BrCl2N5O/c28-22-17-32-35-25(15-24(33-27(22)35)21-6-1-2-7-23(21)30)31-16-19-10-12-34(13-11-19)26(36)9-8-18-4-3-5-20(29)14-18/h1-9,14-15,17,19,31H,10-13,16H2/b9-8+. The van der Waals surface area contributed by atoms with E-state index in [0.29, 0.717) is 16.0 Å². The first-order valence-electron chi connectivity index (χ1n) is 11.7. The van der Waals surface area contributed by atoms with Gasteiger partial charge in [-0.15, -0.1) is 0 Å². The van der Waals surface area contributed by atoms with Crippen LogP contribution < -0.4 is 5.32 Å². The largest absolute Gasteiger partial charge is 0.370 e. The summed E-state index contributed by atoms with van der Waals surface area (Å²) in [6.07, 6.45) is 7.04. The van der Waals surface area contributed by atoms with Crippen molar-refractivity contribution in [3.63, 3.8) is 0 Å². The summed E-state index contributed by atoms with van der Waals surface area (Å²) in [5.74, 6) is 1.32. The predicted molar refractivity (Wildman–Crippen MR) is 149 cm³/mol. The van der Waals surface area contributed by atoms with Gasteiger partial charge < -0.3 is 10.2 Å². The minimum absolute atomic E-state index is 0.0306. The molecule has 2 aromatic heterocycles. The van der Waals surface area contributed by atoms with Crippen LogP contribution in [0, 0.1) is 5.92 Å². The molecule has 1 N–H and O–H groups in total.